The van der Waals surface area contributed by atoms with Crippen LogP contribution in [-0.2, 0) is 10.0 Å². The molecule has 10 heteroatoms. The zero-order valence-corrected chi connectivity index (χ0v) is 19.1. The molecule has 33 heavy (non-hydrogen) atoms. The molecule has 166 valence electrons. The van der Waals surface area contributed by atoms with E-state index in [1.807, 2.05) is 0 Å². The molecule has 0 aromatic heterocycles. The summed E-state index contributed by atoms with van der Waals surface area (Å²) < 4.78 is 28.3. The largest absolute Gasteiger partial charge is 0.505 e. The third-order valence-electron chi connectivity index (χ3n) is 4.68. The van der Waals surface area contributed by atoms with E-state index in [1.165, 1.54) is 42.5 Å². The zero-order chi connectivity index (χ0) is 23.6. The summed E-state index contributed by atoms with van der Waals surface area (Å²) in [5, 5.41) is 19.7. The molecule has 0 aliphatic rings. The van der Waals surface area contributed by atoms with Gasteiger partial charge in [0, 0.05) is 26.4 Å². The van der Waals surface area contributed by atoms with Crippen molar-refractivity contribution in [2.45, 2.75) is 4.90 Å². The second-order valence-electron chi connectivity index (χ2n) is 6.91. The second kappa shape index (κ2) is 9.19. The van der Waals surface area contributed by atoms with Crippen LogP contribution in [0.5, 0.6) is 5.75 Å². The molecule has 0 heterocycles. The number of hydrogen-bond donors (Lipinski definition) is 2. The minimum Gasteiger partial charge on any atom is -0.505 e. The average molecular weight is 500 g/mol. The molecule has 4 aromatic carbocycles. The van der Waals surface area contributed by atoms with Gasteiger partial charge in [0.2, 0.25) is 0 Å². The van der Waals surface area contributed by atoms with Gasteiger partial charge < -0.3 is 5.11 Å². The summed E-state index contributed by atoms with van der Waals surface area (Å²) in [6.45, 7) is 0. The number of rotatable bonds is 5. The summed E-state index contributed by atoms with van der Waals surface area (Å²) in [7, 11) is -3.97. The number of nitrogens with one attached hydrogen (secondary N) is 1. The van der Waals surface area contributed by atoms with E-state index < -0.39 is 15.9 Å². The lowest BCUT2D eigenvalue weighted by molar-refractivity contribution is 0.0995. The predicted octanol–water partition coefficient (Wildman–Crippen LogP) is 6.58. The molecule has 0 aliphatic heterocycles. The van der Waals surface area contributed by atoms with Crippen LogP contribution in [0.25, 0.3) is 10.8 Å². The van der Waals surface area contributed by atoms with Crippen molar-refractivity contribution in [1.29, 1.82) is 0 Å². The van der Waals surface area contributed by atoms with Crippen LogP contribution >= 0.6 is 23.2 Å². The quantitative estimate of drug-likeness (QED) is 0.238. The first-order chi connectivity index (χ1) is 15.7. The van der Waals surface area contributed by atoms with Crippen molar-refractivity contribution in [2.24, 2.45) is 10.2 Å². The summed E-state index contributed by atoms with van der Waals surface area (Å²) in [6.07, 6.45) is 0. The fourth-order valence-electron chi connectivity index (χ4n) is 3.10. The van der Waals surface area contributed by atoms with Crippen molar-refractivity contribution in [3.8, 4) is 5.75 Å². The van der Waals surface area contributed by atoms with Gasteiger partial charge in [0.1, 0.15) is 5.69 Å². The predicted molar refractivity (Wildman–Crippen MR) is 128 cm³/mol. The number of benzene rings is 4. The van der Waals surface area contributed by atoms with Crippen molar-refractivity contribution in [3.63, 3.8) is 0 Å². The molecule has 0 unspecified atom stereocenters. The Morgan fingerprint density at radius 2 is 1.55 bits per heavy atom. The topological polar surface area (TPSA) is 108 Å². The van der Waals surface area contributed by atoms with Gasteiger partial charge in [-0.15, -0.1) is 10.2 Å². The van der Waals surface area contributed by atoms with Crippen LogP contribution in [-0.4, -0.2) is 19.4 Å². The maximum absolute atomic E-state index is 12.9. The summed E-state index contributed by atoms with van der Waals surface area (Å²) >= 11 is 11.8. The standard InChI is InChI=1S/C23H15Cl2N3O4S/c24-15-8-10-17(11-9-15)33(31,32)28-20-13-21(22(29)19-7-2-1-6-18(19)20)26-27-23(30)14-4-3-5-16(25)12-14/h1-13,28-29H. The highest BCUT2D eigenvalue weighted by Crippen LogP contribution is 2.40. The lowest BCUT2D eigenvalue weighted by Gasteiger charge is -2.13. The van der Waals surface area contributed by atoms with Crippen LogP contribution in [0.3, 0.4) is 0 Å². The smallest absolute Gasteiger partial charge is 0.295 e. The molecule has 4 rings (SSSR count). The van der Waals surface area contributed by atoms with Gasteiger partial charge in [-0.1, -0.05) is 53.5 Å². The minimum atomic E-state index is -3.97. The van der Waals surface area contributed by atoms with E-state index in [9.17, 15) is 18.3 Å². The molecule has 0 aliphatic carbocycles. The summed E-state index contributed by atoms with van der Waals surface area (Å²) in [4.78, 5) is 12.4. The van der Waals surface area contributed by atoms with E-state index in [0.717, 1.165) is 0 Å². The van der Waals surface area contributed by atoms with Crippen molar-refractivity contribution >= 4 is 61.3 Å². The molecule has 2 N–H and O–H groups in total. The van der Waals surface area contributed by atoms with Gasteiger partial charge in [0.15, 0.2) is 5.75 Å². The number of carbonyl (C=O) groups excluding carboxylic acids is 1. The Morgan fingerprint density at radius 1 is 0.848 bits per heavy atom. The third kappa shape index (κ3) is 4.98. The Balaban J connectivity index is 1.75. The Labute approximate surface area is 199 Å². The third-order valence-corrected chi connectivity index (χ3v) is 6.55. The molecular formula is C23H15Cl2N3O4S. The number of nitrogens with zero attached hydrogens (tertiary/aromatic N) is 2. The van der Waals surface area contributed by atoms with Crippen LogP contribution in [0.4, 0.5) is 11.4 Å². The van der Waals surface area contributed by atoms with Crippen molar-refractivity contribution < 1.29 is 18.3 Å². The summed E-state index contributed by atoms with van der Waals surface area (Å²) in [5.41, 5.74) is 0.288. The van der Waals surface area contributed by atoms with Crippen LogP contribution < -0.4 is 4.72 Å². The fourth-order valence-corrected chi connectivity index (χ4v) is 4.49. The Bertz CT molecular complexity index is 1500. The van der Waals surface area contributed by atoms with Gasteiger partial charge in [-0.3, -0.25) is 9.52 Å². The number of phenols is 1. The molecule has 7 nitrogen and oxygen atoms in total. The highest BCUT2D eigenvalue weighted by Gasteiger charge is 2.19. The summed E-state index contributed by atoms with van der Waals surface area (Å²) in [6, 6.07) is 19.8. The SMILES string of the molecule is O=C(N=Nc1cc(NS(=O)(=O)c2ccc(Cl)cc2)c2ccccc2c1O)c1cccc(Cl)c1. The fraction of sp³-hybridized carbons (Fsp3) is 0. The van der Waals surface area contributed by atoms with Crippen LogP contribution in [0.15, 0.2) is 94.0 Å². The molecule has 0 atom stereocenters. The number of halogens is 2. The monoisotopic (exact) mass is 499 g/mol. The molecule has 0 saturated heterocycles. The van der Waals surface area contributed by atoms with Gasteiger partial charge in [0.25, 0.3) is 15.9 Å². The van der Waals surface area contributed by atoms with E-state index in [-0.39, 0.29) is 27.6 Å². The molecule has 0 bridgehead atoms. The van der Waals surface area contributed by atoms with Crippen molar-refractivity contribution in [2.75, 3.05) is 4.72 Å². The van der Waals surface area contributed by atoms with E-state index in [4.69, 9.17) is 23.2 Å². The van der Waals surface area contributed by atoms with E-state index in [2.05, 4.69) is 15.0 Å². The number of carbonyl (C=O) groups is 1. The number of sulfonamides is 1. The molecule has 1 amide bonds. The molecule has 4 aromatic rings. The number of aromatic hydroxyl groups is 1. The molecule has 0 saturated carbocycles. The van der Waals surface area contributed by atoms with E-state index in [0.29, 0.717) is 20.8 Å². The van der Waals surface area contributed by atoms with Crippen LogP contribution in [0.1, 0.15) is 10.4 Å². The first-order valence-electron chi connectivity index (χ1n) is 9.49. The van der Waals surface area contributed by atoms with Gasteiger partial charge >= 0.3 is 0 Å². The highest BCUT2D eigenvalue weighted by molar-refractivity contribution is 7.92. The van der Waals surface area contributed by atoms with E-state index in [1.54, 1.807) is 36.4 Å². The van der Waals surface area contributed by atoms with Gasteiger partial charge in [0.05, 0.1) is 10.6 Å². The number of hydrogen-bond acceptors (Lipinski definition) is 5. The molecule has 0 radical (unpaired) electrons. The summed E-state index contributed by atoms with van der Waals surface area (Å²) in [5.74, 6) is -0.920. The number of fused-ring (bicyclic) bond motifs is 1. The minimum absolute atomic E-state index is 0.00312. The van der Waals surface area contributed by atoms with Crippen LogP contribution in [0, 0.1) is 0 Å². The first-order valence-corrected chi connectivity index (χ1v) is 11.7. The first kappa shape index (κ1) is 22.7. The Morgan fingerprint density at radius 3 is 2.24 bits per heavy atom. The number of azo groups is 1. The average Bonchev–Trinajstić information content (AvgIpc) is 2.80. The molecular weight excluding hydrogens is 485 g/mol. The Hall–Kier alpha value is -3.46. The van der Waals surface area contributed by atoms with Crippen LogP contribution in [0.2, 0.25) is 10.0 Å². The molecule has 0 spiro atoms. The Kier molecular flexibility index (Phi) is 6.33. The zero-order valence-electron chi connectivity index (χ0n) is 16.7. The molecule has 0 fully saturated rings. The highest BCUT2D eigenvalue weighted by atomic mass is 35.5. The van der Waals surface area contributed by atoms with Gasteiger partial charge in [-0.2, -0.15) is 0 Å². The lowest BCUT2D eigenvalue weighted by Crippen LogP contribution is -2.13. The second-order valence-corrected chi connectivity index (χ2v) is 9.47. The van der Waals surface area contributed by atoms with Gasteiger partial charge in [-0.25, -0.2) is 8.42 Å². The van der Waals surface area contributed by atoms with Gasteiger partial charge in [-0.05, 0) is 48.5 Å². The van der Waals surface area contributed by atoms with Crippen molar-refractivity contribution in [1.82, 2.24) is 0 Å². The normalized spacial score (nSPS) is 11.7. The van der Waals surface area contributed by atoms with Crippen molar-refractivity contribution in [3.05, 3.63) is 94.5 Å². The number of anilines is 1. The number of phenolic OH excluding ortho intramolecular Hbond substituents is 1. The lowest BCUT2D eigenvalue weighted by atomic mass is 10.1. The maximum Gasteiger partial charge on any atom is 0.295 e. The van der Waals surface area contributed by atoms with E-state index >= 15 is 0 Å². The maximum atomic E-state index is 12.9. The number of amides is 1.